The molecule has 2 amide bonds. The van der Waals surface area contributed by atoms with E-state index in [0.717, 1.165) is 36.4 Å². The number of anilines is 1. The summed E-state index contributed by atoms with van der Waals surface area (Å²) in [5.74, 6) is -0.794. The van der Waals surface area contributed by atoms with Gasteiger partial charge in [-0.3, -0.25) is 13.9 Å². The van der Waals surface area contributed by atoms with Crippen LogP contribution in [-0.4, -0.2) is 43.8 Å². The van der Waals surface area contributed by atoms with Crippen molar-refractivity contribution in [2.24, 2.45) is 0 Å². The molecule has 1 unspecified atom stereocenters. The molecule has 212 valence electrons. The number of benzene rings is 3. The molecule has 0 spiro atoms. The Morgan fingerprint density at radius 2 is 1.65 bits per heavy atom. The minimum absolute atomic E-state index is 0.0511. The van der Waals surface area contributed by atoms with Crippen LogP contribution in [0.4, 0.5) is 5.69 Å². The van der Waals surface area contributed by atoms with Gasteiger partial charge in [-0.05, 0) is 61.7 Å². The number of amides is 2. The maximum absolute atomic E-state index is 14.0. The normalized spacial score (nSPS) is 14.8. The van der Waals surface area contributed by atoms with Crippen molar-refractivity contribution in [1.29, 1.82) is 0 Å². The van der Waals surface area contributed by atoms with Crippen molar-refractivity contribution in [1.82, 2.24) is 10.2 Å². The molecule has 1 fully saturated rings. The van der Waals surface area contributed by atoms with Crippen LogP contribution in [0.25, 0.3) is 0 Å². The quantitative estimate of drug-likeness (QED) is 0.286. The van der Waals surface area contributed by atoms with E-state index in [2.05, 4.69) is 21.2 Å². The lowest BCUT2D eigenvalue weighted by Crippen LogP contribution is -2.53. The van der Waals surface area contributed by atoms with Crippen molar-refractivity contribution in [3.8, 4) is 0 Å². The second kappa shape index (κ2) is 13.7. The van der Waals surface area contributed by atoms with E-state index in [0.29, 0.717) is 20.7 Å². The van der Waals surface area contributed by atoms with Gasteiger partial charge in [0.05, 0.1) is 10.6 Å². The van der Waals surface area contributed by atoms with Gasteiger partial charge in [-0.25, -0.2) is 8.42 Å². The number of nitrogens with one attached hydrogen (secondary N) is 1. The molecule has 0 aromatic heterocycles. The van der Waals surface area contributed by atoms with Crippen LogP contribution in [0.15, 0.2) is 88.2 Å². The summed E-state index contributed by atoms with van der Waals surface area (Å²) in [7, 11) is -4.11. The number of carbonyl (C=O) groups is 2. The van der Waals surface area contributed by atoms with E-state index in [1.165, 1.54) is 17.0 Å². The summed E-state index contributed by atoms with van der Waals surface area (Å²) in [4.78, 5) is 28.9. The molecule has 40 heavy (non-hydrogen) atoms. The molecule has 0 radical (unpaired) electrons. The van der Waals surface area contributed by atoms with Gasteiger partial charge in [0.2, 0.25) is 11.8 Å². The maximum atomic E-state index is 14.0. The molecule has 1 saturated carbocycles. The third-order valence-corrected chi connectivity index (χ3v) is 9.77. The van der Waals surface area contributed by atoms with Crippen LogP contribution in [0.3, 0.4) is 0 Å². The number of carbonyl (C=O) groups excluding carboxylic acids is 2. The van der Waals surface area contributed by atoms with Gasteiger partial charge in [0.25, 0.3) is 10.0 Å². The fourth-order valence-electron chi connectivity index (χ4n) is 4.84. The predicted octanol–water partition coefficient (Wildman–Crippen LogP) is 6.16. The number of hydrogen-bond acceptors (Lipinski definition) is 4. The van der Waals surface area contributed by atoms with E-state index in [1.54, 1.807) is 67.6 Å². The first kappa shape index (κ1) is 30.1. The zero-order valence-electron chi connectivity index (χ0n) is 22.3. The van der Waals surface area contributed by atoms with Crippen molar-refractivity contribution in [2.75, 3.05) is 10.8 Å². The minimum atomic E-state index is -4.11. The lowest BCUT2D eigenvalue weighted by molar-refractivity contribution is -0.139. The SMILES string of the molecule is CC(C(=O)NC1CCCCC1)N(Cc1ccccc1Cl)C(=O)CN(c1cccc(Br)c1)S(=O)(=O)c1ccccc1. The summed E-state index contributed by atoms with van der Waals surface area (Å²) in [6.07, 6.45) is 5.08. The van der Waals surface area contributed by atoms with E-state index in [4.69, 9.17) is 11.6 Å². The van der Waals surface area contributed by atoms with E-state index < -0.39 is 28.5 Å². The van der Waals surface area contributed by atoms with Gasteiger partial charge in [-0.1, -0.05) is 89.3 Å². The molecular weight excluding hydrogens is 614 g/mol. The summed E-state index contributed by atoms with van der Waals surface area (Å²) >= 11 is 9.84. The molecule has 1 aliphatic carbocycles. The standard InChI is InChI=1S/C30H33BrClN3O4S/c1-22(30(37)33-25-13-4-2-5-14-25)34(20-23-11-8-9-18-28(23)32)29(36)21-35(26-15-10-12-24(31)19-26)40(38,39)27-16-6-3-7-17-27/h3,6-12,15-19,22,25H,2,4-5,13-14,20-21H2,1H3,(H,33,37). The second-order valence-corrected chi connectivity index (χ2v) is 13.1. The molecule has 10 heteroatoms. The topological polar surface area (TPSA) is 86.8 Å². The first-order valence-electron chi connectivity index (χ1n) is 13.3. The lowest BCUT2D eigenvalue weighted by Gasteiger charge is -2.33. The van der Waals surface area contributed by atoms with Crippen LogP contribution in [0.1, 0.15) is 44.6 Å². The molecule has 0 saturated heterocycles. The number of halogens is 2. The zero-order chi connectivity index (χ0) is 28.7. The van der Waals surface area contributed by atoms with Crippen LogP contribution < -0.4 is 9.62 Å². The summed E-state index contributed by atoms with van der Waals surface area (Å²) in [5.41, 5.74) is 0.985. The summed E-state index contributed by atoms with van der Waals surface area (Å²) < 4.78 is 29.4. The number of rotatable bonds is 10. The van der Waals surface area contributed by atoms with E-state index in [9.17, 15) is 18.0 Å². The molecule has 1 N–H and O–H groups in total. The Hall–Kier alpha value is -2.88. The molecule has 0 bridgehead atoms. The van der Waals surface area contributed by atoms with Crippen molar-refractivity contribution in [2.45, 2.75) is 62.6 Å². The molecule has 1 atom stereocenters. The van der Waals surface area contributed by atoms with Crippen LogP contribution in [0, 0.1) is 0 Å². The monoisotopic (exact) mass is 645 g/mol. The molecule has 0 aliphatic heterocycles. The summed E-state index contributed by atoms with van der Waals surface area (Å²) in [6.45, 7) is 1.22. The fourth-order valence-corrected chi connectivity index (χ4v) is 6.85. The fraction of sp³-hybridized carbons (Fsp3) is 0.333. The number of nitrogens with zero attached hydrogens (tertiary/aromatic N) is 2. The largest absolute Gasteiger partial charge is 0.352 e. The van der Waals surface area contributed by atoms with Crippen molar-refractivity contribution in [3.05, 3.63) is 93.9 Å². The second-order valence-electron chi connectivity index (χ2n) is 9.94. The van der Waals surface area contributed by atoms with Gasteiger partial charge in [0.1, 0.15) is 12.6 Å². The summed E-state index contributed by atoms with van der Waals surface area (Å²) in [6, 6.07) is 21.1. The van der Waals surface area contributed by atoms with Gasteiger partial charge in [0.15, 0.2) is 0 Å². The maximum Gasteiger partial charge on any atom is 0.264 e. The Kier molecular flexibility index (Phi) is 10.3. The average Bonchev–Trinajstić information content (AvgIpc) is 2.96. The Labute approximate surface area is 249 Å². The molecule has 3 aromatic carbocycles. The smallest absolute Gasteiger partial charge is 0.264 e. The third-order valence-electron chi connectivity index (χ3n) is 7.12. The van der Waals surface area contributed by atoms with E-state index in [1.807, 2.05) is 6.07 Å². The van der Waals surface area contributed by atoms with Crippen LogP contribution in [0.2, 0.25) is 5.02 Å². The van der Waals surface area contributed by atoms with Crippen LogP contribution in [-0.2, 0) is 26.2 Å². The molecule has 3 aromatic rings. The highest BCUT2D eigenvalue weighted by molar-refractivity contribution is 9.10. The molecule has 4 rings (SSSR count). The van der Waals surface area contributed by atoms with Crippen molar-refractivity contribution >= 4 is 55.1 Å². The summed E-state index contributed by atoms with van der Waals surface area (Å²) in [5, 5.41) is 3.56. The van der Waals surface area contributed by atoms with Crippen molar-refractivity contribution < 1.29 is 18.0 Å². The molecule has 0 heterocycles. The molecular formula is C30H33BrClN3O4S. The van der Waals surface area contributed by atoms with Gasteiger partial charge >= 0.3 is 0 Å². The predicted molar refractivity (Wildman–Crippen MR) is 162 cm³/mol. The van der Waals surface area contributed by atoms with Gasteiger partial charge in [-0.2, -0.15) is 0 Å². The first-order chi connectivity index (χ1) is 19.2. The highest BCUT2D eigenvalue weighted by Gasteiger charge is 2.33. The highest BCUT2D eigenvalue weighted by Crippen LogP contribution is 2.27. The lowest BCUT2D eigenvalue weighted by atomic mass is 9.95. The first-order valence-corrected chi connectivity index (χ1v) is 15.9. The Balaban J connectivity index is 1.67. The third kappa shape index (κ3) is 7.44. The number of sulfonamides is 1. The van der Waals surface area contributed by atoms with Gasteiger partial charge in [0, 0.05) is 22.1 Å². The Bertz CT molecular complexity index is 1430. The zero-order valence-corrected chi connectivity index (χ0v) is 25.5. The van der Waals surface area contributed by atoms with E-state index >= 15 is 0 Å². The van der Waals surface area contributed by atoms with Crippen LogP contribution in [0.5, 0.6) is 0 Å². The Morgan fingerprint density at radius 3 is 2.33 bits per heavy atom. The van der Waals surface area contributed by atoms with E-state index in [-0.39, 0.29) is 23.4 Å². The minimum Gasteiger partial charge on any atom is -0.352 e. The Morgan fingerprint density at radius 1 is 0.975 bits per heavy atom. The van der Waals surface area contributed by atoms with Gasteiger partial charge in [-0.15, -0.1) is 0 Å². The van der Waals surface area contributed by atoms with Crippen LogP contribution >= 0.6 is 27.5 Å². The van der Waals surface area contributed by atoms with Crippen molar-refractivity contribution in [3.63, 3.8) is 0 Å². The van der Waals surface area contributed by atoms with Gasteiger partial charge < -0.3 is 10.2 Å². The highest BCUT2D eigenvalue weighted by atomic mass is 79.9. The molecule has 7 nitrogen and oxygen atoms in total. The number of hydrogen-bond donors (Lipinski definition) is 1. The molecule has 1 aliphatic rings. The average molecular weight is 647 g/mol.